The topological polar surface area (TPSA) is 77.0 Å². The van der Waals surface area contributed by atoms with Crippen LogP contribution in [0, 0.1) is 0 Å². The van der Waals surface area contributed by atoms with Crippen LogP contribution in [0.3, 0.4) is 0 Å². The second-order valence-electron chi connectivity index (χ2n) is 6.42. The van der Waals surface area contributed by atoms with Gasteiger partial charge in [-0.1, -0.05) is 18.7 Å². The highest BCUT2D eigenvalue weighted by molar-refractivity contribution is 7.92. The summed E-state index contributed by atoms with van der Waals surface area (Å²) < 4.78 is 60.5. The number of halogens is 3. The monoisotopic (exact) mass is 472 g/mol. The molecule has 0 N–H and O–H groups in total. The van der Waals surface area contributed by atoms with Crippen LogP contribution >= 0.6 is 22.7 Å². The molecule has 158 valence electrons. The van der Waals surface area contributed by atoms with Gasteiger partial charge in [0.1, 0.15) is 15.8 Å². The molecule has 0 spiro atoms. The summed E-state index contributed by atoms with van der Waals surface area (Å²) in [6.07, 6.45) is 1.73. The van der Waals surface area contributed by atoms with Gasteiger partial charge in [0, 0.05) is 18.0 Å². The van der Waals surface area contributed by atoms with Crippen molar-refractivity contribution in [3.8, 4) is 10.6 Å². The molecule has 11 heteroatoms. The molecule has 0 fully saturated rings. The van der Waals surface area contributed by atoms with Gasteiger partial charge in [0.15, 0.2) is 0 Å². The lowest BCUT2D eigenvalue weighted by atomic mass is 10.1. The summed E-state index contributed by atoms with van der Waals surface area (Å²) in [5.74, 6) is -0.186. The molecule has 2 aromatic heterocycles. The number of hydrogen-bond donors (Lipinski definition) is 0. The van der Waals surface area contributed by atoms with Gasteiger partial charge in [-0.3, -0.25) is 4.79 Å². The number of carbonyl (C=O) groups excluding carboxylic acids is 1. The highest BCUT2D eigenvalue weighted by Gasteiger charge is 2.46. The average molecular weight is 473 g/mol. The van der Waals surface area contributed by atoms with Crippen molar-refractivity contribution in [2.45, 2.75) is 30.2 Å². The van der Waals surface area contributed by atoms with Gasteiger partial charge in [-0.2, -0.15) is 13.2 Å². The second kappa shape index (κ2) is 8.40. The number of aromatic nitrogens is 2. The summed E-state index contributed by atoms with van der Waals surface area (Å²) in [7, 11) is -5.40. The van der Waals surface area contributed by atoms with Gasteiger partial charge in [-0.25, -0.2) is 18.4 Å². The van der Waals surface area contributed by atoms with Crippen LogP contribution in [0.4, 0.5) is 13.2 Å². The van der Waals surface area contributed by atoms with E-state index in [1.165, 1.54) is 34.8 Å². The summed E-state index contributed by atoms with van der Waals surface area (Å²) in [6, 6.07) is 4.13. The Bertz CT molecular complexity index is 1190. The number of carbonyl (C=O) groups is 1. The first kappa shape index (κ1) is 22.3. The van der Waals surface area contributed by atoms with Crippen molar-refractivity contribution in [2.24, 2.45) is 0 Å². The highest BCUT2D eigenvalue weighted by atomic mass is 32.2. The predicted molar refractivity (Wildman–Crippen MR) is 110 cm³/mol. The van der Waals surface area contributed by atoms with E-state index in [9.17, 15) is 26.4 Å². The first-order chi connectivity index (χ1) is 14.0. The molecule has 0 aliphatic carbocycles. The van der Waals surface area contributed by atoms with Crippen molar-refractivity contribution >= 4 is 43.9 Å². The fourth-order valence-corrected chi connectivity index (χ4v) is 4.94. The first-order valence-corrected chi connectivity index (χ1v) is 11.6. The Kier molecular flexibility index (Phi) is 6.25. The number of alkyl halides is 3. The van der Waals surface area contributed by atoms with Gasteiger partial charge in [0.25, 0.3) is 9.84 Å². The molecule has 0 aliphatic heterocycles. The maximum atomic E-state index is 12.6. The van der Waals surface area contributed by atoms with E-state index in [0.29, 0.717) is 10.6 Å². The van der Waals surface area contributed by atoms with Gasteiger partial charge in [-0.05, 0) is 30.2 Å². The number of thiazole rings is 2. The van der Waals surface area contributed by atoms with E-state index in [1.54, 1.807) is 6.20 Å². The standard InChI is InChI=1S/C19H15F3N2O3S3/c1-11(2)18-23-9-16(29-18)15-10-28-17(24-15)8-13(25)7-12-3-5-14(6-4-12)30(26,27)19(20,21)22/h3-6,9-10H,1,7-8H2,2H3. The van der Waals surface area contributed by atoms with Crippen LogP contribution in [-0.4, -0.2) is 29.7 Å². The van der Waals surface area contributed by atoms with Crippen LogP contribution < -0.4 is 0 Å². The smallest absolute Gasteiger partial charge is 0.299 e. The zero-order chi connectivity index (χ0) is 22.1. The summed E-state index contributed by atoms with van der Waals surface area (Å²) in [5.41, 5.74) is -3.37. The molecule has 0 aliphatic rings. The van der Waals surface area contributed by atoms with E-state index >= 15 is 0 Å². The predicted octanol–water partition coefficient (Wildman–Crippen LogP) is 4.95. The SMILES string of the molecule is C=C(C)c1ncc(-c2csc(CC(=O)Cc3ccc(S(=O)(=O)C(F)(F)F)cc3)n2)s1. The Morgan fingerprint density at radius 1 is 1.17 bits per heavy atom. The zero-order valence-electron chi connectivity index (χ0n) is 15.6. The largest absolute Gasteiger partial charge is 0.501 e. The quantitative estimate of drug-likeness (QED) is 0.486. The van der Waals surface area contributed by atoms with Gasteiger partial charge < -0.3 is 0 Å². The van der Waals surface area contributed by atoms with Crippen molar-refractivity contribution in [3.63, 3.8) is 0 Å². The van der Waals surface area contributed by atoms with Crippen molar-refractivity contribution in [2.75, 3.05) is 0 Å². The van der Waals surface area contributed by atoms with E-state index in [1.807, 2.05) is 12.3 Å². The lowest BCUT2D eigenvalue weighted by Crippen LogP contribution is -2.23. The minimum Gasteiger partial charge on any atom is -0.299 e. The van der Waals surface area contributed by atoms with Crippen molar-refractivity contribution in [1.29, 1.82) is 0 Å². The van der Waals surface area contributed by atoms with Crippen LogP contribution in [0.1, 0.15) is 22.5 Å². The second-order valence-corrected chi connectivity index (χ2v) is 10.3. The number of benzene rings is 1. The third kappa shape index (κ3) is 4.85. The average Bonchev–Trinajstić information content (AvgIpc) is 3.30. The minimum absolute atomic E-state index is 0.0401. The molecule has 5 nitrogen and oxygen atoms in total. The number of Topliss-reactive ketones (excluding diaryl/α,β-unsaturated/α-hetero) is 1. The molecule has 0 radical (unpaired) electrons. The Hall–Kier alpha value is -2.37. The van der Waals surface area contributed by atoms with Crippen LogP contribution in [0.25, 0.3) is 16.1 Å². The van der Waals surface area contributed by atoms with Gasteiger partial charge in [0.2, 0.25) is 0 Å². The van der Waals surface area contributed by atoms with Gasteiger partial charge >= 0.3 is 5.51 Å². The number of hydrogen-bond acceptors (Lipinski definition) is 7. The zero-order valence-corrected chi connectivity index (χ0v) is 18.0. The fourth-order valence-electron chi connectivity index (χ4n) is 2.47. The molecule has 0 saturated carbocycles. The van der Waals surface area contributed by atoms with E-state index < -0.39 is 20.2 Å². The van der Waals surface area contributed by atoms with E-state index in [2.05, 4.69) is 16.5 Å². The molecule has 3 rings (SSSR count). The third-order valence-electron chi connectivity index (χ3n) is 3.96. The van der Waals surface area contributed by atoms with Gasteiger partial charge in [-0.15, -0.1) is 22.7 Å². The Balaban J connectivity index is 1.65. The molecular weight excluding hydrogens is 457 g/mol. The molecule has 0 atom stereocenters. The maximum Gasteiger partial charge on any atom is 0.501 e. The summed E-state index contributed by atoms with van der Waals surface area (Å²) in [6.45, 7) is 5.70. The number of nitrogens with zero attached hydrogens (tertiary/aromatic N) is 2. The minimum atomic E-state index is -5.40. The summed E-state index contributed by atoms with van der Waals surface area (Å²) >= 11 is 2.78. The first-order valence-electron chi connectivity index (χ1n) is 8.46. The molecule has 0 unspecified atom stereocenters. The van der Waals surface area contributed by atoms with Crippen LogP contribution in [0.2, 0.25) is 0 Å². The highest BCUT2D eigenvalue weighted by Crippen LogP contribution is 2.31. The van der Waals surface area contributed by atoms with Crippen molar-refractivity contribution in [1.82, 2.24) is 9.97 Å². The van der Waals surface area contributed by atoms with E-state index in [-0.39, 0.29) is 18.6 Å². The molecule has 0 amide bonds. The number of rotatable bonds is 7. The van der Waals surface area contributed by atoms with Crippen LogP contribution in [0.15, 0.2) is 47.3 Å². The van der Waals surface area contributed by atoms with Crippen molar-refractivity contribution < 1.29 is 26.4 Å². The summed E-state index contributed by atoms with van der Waals surface area (Å²) in [5, 5.41) is 3.25. The normalized spacial score (nSPS) is 12.1. The maximum absolute atomic E-state index is 12.6. The summed E-state index contributed by atoms with van der Waals surface area (Å²) in [4.78, 5) is 21.0. The molecule has 2 heterocycles. The lowest BCUT2D eigenvalue weighted by Gasteiger charge is -2.08. The number of ketones is 1. The molecule has 0 bridgehead atoms. The molecule has 3 aromatic rings. The van der Waals surface area contributed by atoms with Crippen molar-refractivity contribution in [3.05, 3.63) is 58.0 Å². The molecule has 0 saturated heterocycles. The Morgan fingerprint density at radius 2 is 1.83 bits per heavy atom. The fraction of sp³-hybridized carbons (Fsp3) is 0.211. The van der Waals surface area contributed by atoms with Gasteiger partial charge in [0.05, 0.1) is 21.9 Å². The third-order valence-corrected chi connectivity index (χ3v) is 7.50. The lowest BCUT2D eigenvalue weighted by molar-refractivity contribution is -0.117. The van der Waals surface area contributed by atoms with E-state index in [0.717, 1.165) is 33.3 Å². The number of allylic oxidation sites excluding steroid dienone is 1. The van der Waals surface area contributed by atoms with Crippen LogP contribution in [0.5, 0.6) is 0 Å². The van der Waals surface area contributed by atoms with E-state index in [4.69, 9.17) is 0 Å². The Morgan fingerprint density at radius 3 is 2.40 bits per heavy atom. The Labute approximate surface area is 178 Å². The molecule has 1 aromatic carbocycles. The molecular formula is C19H15F3N2O3S3. The van der Waals surface area contributed by atoms with Crippen LogP contribution in [-0.2, 0) is 27.5 Å². The molecule has 30 heavy (non-hydrogen) atoms. The number of sulfone groups is 1.